The molecule has 0 aliphatic rings. The molecule has 0 saturated heterocycles. The Morgan fingerprint density at radius 1 is 1.14 bits per heavy atom. The van der Waals surface area contributed by atoms with Crippen LogP contribution in [0.5, 0.6) is 0 Å². The number of aromatic nitrogens is 1. The molecule has 110 valence electrons. The topological polar surface area (TPSA) is 50.9 Å². The Kier molecular flexibility index (Phi) is 4.13. The van der Waals surface area contributed by atoms with Gasteiger partial charge < -0.3 is 11.1 Å². The van der Waals surface area contributed by atoms with Gasteiger partial charge in [-0.25, -0.2) is 18.2 Å². The minimum Gasteiger partial charge on any atom is -0.389 e. The molecule has 0 aliphatic heterocycles. The highest BCUT2D eigenvalue weighted by Crippen LogP contribution is 2.25. The lowest BCUT2D eigenvalue weighted by atomic mass is 10.1. The van der Waals surface area contributed by atoms with Crippen LogP contribution in [0, 0.1) is 31.3 Å². The zero-order valence-corrected chi connectivity index (χ0v) is 12.1. The molecule has 1 aromatic carbocycles. The minimum atomic E-state index is -1.52. The van der Waals surface area contributed by atoms with Crippen LogP contribution in [0.3, 0.4) is 0 Å². The highest BCUT2D eigenvalue weighted by atomic mass is 32.1. The fraction of sp³-hybridized carbons (Fsp3) is 0.143. The third kappa shape index (κ3) is 3.13. The van der Waals surface area contributed by atoms with Crippen LogP contribution >= 0.6 is 12.2 Å². The number of benzene rings is 1. The Morgan fingerprint density at radius 2 is 1.71 bits per heavy atom. The number of anilines is 2. The van der Waals surface area contributed by atoms with Crippen LogP contribution in [-0.2, 0) is 0 Å². The van der Waals surface area contributed by atoms with E-state index in [4.69, 9.17) is 18.0 Å². The van der Waals surface area contributed by atoms with Crippen molar-refractivity contribution in [3.05, 3.63) is 52.5 Å². The molecule has 21 heavy (non-hydrogen) atoms. The Hall–Kier alpha value is -2.15. The number of nitrogens with two attached hydrogens (primary N) is 1. The number of pyridine rings is 1. The standard InChI is InChI=1S/C14H12F3N3S/c1-6-3-7(2)19-14(11(6)13(18)21)20-8-4-9(15)12(17)10(16)5-8/h3-5H,1-2H3,(H2,18,21)(H,19,20). The predicted molar refractivity (Wildman–Crippen MR) is 79.2 cm³/mol. The monoisotopic (exact) mass is 311 g/mol. The SMILES string of the molecule is Cc1cc(C)c(C(N)=S)c(Nc2cc(F)c(F)c(F)c2)n1. The van der Waals surface area contributed by atoms with Gasteiger partial charge in [0.25, 0.3) is 0 Å². The lowest BCUT2D eigenvalue weighted by Gasteiger charge is -2.14. The Morgan fingerprint density at radius 3 is 2.24 bits per heavy atom. The molecule has 0 radical (unpaired) electrons. The van der Waals surface area contributed by atoms with Crippen molar-refractivity contribution < 1.29 is 13.2 Å². The number of nitrogens with zero attached hydrogens (tertiary/aromatic N) is 1. The van der Waals surface area contributed by atoms with Gasteiger partial charge in [0.15, 0.2) is 17.5 Å². The summed E-state index contributed by atoms with van der Waals surface area (Å²) in [7, 11) is 0. The van der Waals surface area contributed by atoms with Crippen molar-refractivity contribution in [3.63, 3.8) is 0 Å². The molecule has 2 rings (SSSR count). The zero-order chi connectivity index (χ0) is 15.7. The van der Waals surface area contributed by atoms with Gasteiger partial charge >= 0.3 is 0 Å². The van der Waals surface area contributed by atoms with Crippen LogP contribution < -0.4 is 11.1 Å². The summed E-state index contributed by atoms with van der Waals surface area (Å²) < 4.78 is 39.4. The molecule has 7 heteroatoms. The van der Waals surface area contributed by atoms with E-state index in [1.165, 1.54) is 0 Å². The van der Waals surface area contributed by atoms with Gasteiger partial charge in [-0.15, -0.1) is 0 Å². The van der Waals surface area contributed by atoms with Gasteiger partial charge in [-0.3, -0.25) is 0 Å². The van der Waals surface area contributed by atoms with Gasteiger partial charge in [0, 0.05) is 23.5 Å². The van der Waals surface area contributed by atoms with Crippen molar-refractivity contribution in [2.24, 2.45) is 5.73 Å². The number of nitrogens with one attached hydrogen (secondary N) is 1. The highest BCUT2D eigenvalue weighted by Gasteiger charge is 2.15. The molecular formula is C14H12F3N3S. The first-order chi connectivity index (χ1) is 9.79. The normalized spacial score (nSPS) is 10.5. The molecule has 3 N–H and O–H groups in total. The predicted octanol–water partition coefficient (Wildman–Crippen LogP) is 3.49. The van der Waals surface area contributed by atoms with E-state index in [2.05, 4.69) is 10.3 Å². The fourth-order valence-electron chi connectivity index (χ4n) is 2.00. The van der Waals surface area contributed by atoms with E-state index in [0.29, 0.717) is 11.3 Å². The van der Waals surface area contributed by atoms with E-state index in [9.17, 15) is 13.2 Å². The number of hydrogen-bond donors (Lipinski definition) is 2. The summed E-state index contributed by atoms with van der Waals surface area (Å²) in [5, 5.41) is 2.72. The summed E-state index contributed by atoms with van der Waals surface area (Å²) >= 11 is 4.96. The quantitative estimate of drug-likeness (QED) is 0.673. The summed E-state index contributed by atoms with van der Waals surface area (Å²) in [4.78, 5) is 4.32. The maximum Gasteiger partial charge on any atom is 0.194 e. The van der Waals surface area contributed by atoms with Crippen LogP contribution in [-0.4, -0.2) is 9.97 Å². The first-order valence-corrected chi connectivity index (χ1v) is 6.40. The summed E-state index contributed by atoms with van der Waals surface area (Å²) in [6.45, 7) is 3.55. The lowest BCUT2D eigenvalue weighted by Crippen LogP contribution is -2.15. The molecule has 0 aliphatic carbocycles. The van der Waals surface area contributed by atoms with Crippen molar-refractivity contribution in [2.45, 2.75) is 13.8 Å². The van der Waals surface area contributed by atoms with Gasteiger partial charge in [-0.2, -0.15) is 0 Å². The average Bonchev–Trinajstić information content (AvgIpc) is 2.34. The molecule has 0 bridgehead atoms. The Balaban J connectivity index is 2.51. The van der Waals surface area contributed by atoms with Crippen molar-refractivity contribution in [1.82, 2.24) is 4.98 Å². The van der Waals surface area contributed by atoms with Crippen LogP contribution in [0.25, 0.3) is 0 Å². The van der Waals surface area contributed by atoms with E-state index in [1.54, 1.807) is 19.9 Å². The summed E-state index contributed by atoms with van der Waals surface area (Å²) in [5.74, 6) is -3.84. The number of thiocarbonyl (C=S) groups is 1. The summed E-state index contributed by atoms with van der Waals surface area (Å²) in [6.07, 6.45) is 0. The number of rotatable bonds is 3. The first-order valence-electron chi connectivity index (χ1n) is 5.99. The van der Waals surface area contributed by atoms with Gasteiger partial charge in [-0.1, -0.05) is 12.2 Å². The minimum absolute atomic E-state index is 0.0152. The van der Waals surface area contributed by atoms with Crippen LogP contribution in [0.4, 0.5) is 24.7 Å². The number of halogens is 3. The van der Waals surface area contributed by atoms with Crippen molar-refractivity contribution in [2.75, 3.05) is 5.32 Å². The third-order valence-electron chi connectivity index (χ3n) is 2.84. The maximum absolute atomic E-state index is 13.2. The second-order valence-electron chi connectivity index (χ2n) is 4.55. The van der Waals surface area contributed by atoms with Gasteiger partial charge in [-0.05, 0) is 25.5 Å². The van der Waals surface area contributed by atoms with E-state index in [1.807, 2.05) is 0 Å². The summed E-state index contributed by atoms with van der Waals surface area (Å²) in [5.41, 5.74) is 7.59. The van der Waals surface area contributed by atoms with Gasteiger partial charge in [0.2, 0.25) is 0 Å². The molecule has 1 aromatic heterocycles. The number of aryl methyl sites for hydroxylation is 2. The van der Waals surface area contributed by atoms with Crippen LogP contribution in [0.2, 0.25) is 0 Å². The van der Waals surface area contributed by atoms with E-state index >= 15 is 0 Å². The largest absolute Gasteiger partial charge is 0.389 e. The molecule has 0 fully saturated rings. The molecule has 3 nitrogen and oxygen atoms in total. The Bertz CT molecular complexity index is 709. The number of hydrogen-bond acceptors (Lipinski definition) is 3. The molecule has 1 heterocycles. The average molecular weight is 311 g/mol. The van der Waals surface area contributed by atoms with Gasteiger partial charge in [0.05, 0.1) is 5.56 Å². The molecule has 0 atom stereocenters. The zero-order valence-electron chi connectivity index (χ0n) is 11.3. The molecule has 2 aromatic rings. The highest BCUT2D eigenvalue weighted by molar-refractivity contribution is 7.80. The third-order valence-corrected chi connectivity index (χ3v) is 3.04. The van der Waals surface area contributed by atoms with E-state index in [-0.39, 0.29) is 16.5 Å². The van der Waals surface area contributed by atoms with Crippen LogP contribution in [0.15, 0.2) is 18.2 Å². The smallest absolute Gasteiger partial charge is 0.194 e. The van der Waals surface area contributed by atoms with Crippen molar-refractivity contribution in [3.8, 4) is 0 Å². The van der Waals surface area contributed by atoms with E-state index < -0.39 is 17.5 Å². The second-order valence-corrected chi connectivity index (χ2v) is 4.99. The molecule has 0 spiro atoms. The van der Waals surface area contributed by atoms with Crippen molar-refractivity contribution in [1.29, 1.82) is 0 Å². The first kappa shape index (κ1) is 15.2. The van der Waals surface area contributed by atoms with E-state index in [0.717, 1.165) is 17.7 Å². The molecular weight excluding hydrogens is 299 g/mol. The Labute approximate surface area is 125 Å². The molecule has 0 unspecified atom stereocenters. The second kappa shape index (κ2) is 5.69. The lowest BCUT2D eigenvalue weighted by molar-refractivity contribution is 0.448. The van der Waals surface area contributed by atoms with Crippen LogP contribution in [0.1, 0.15) is 16.8 Å². The maximum atomic E-state index is 13.2. The van der Waals surface area contributed by atoms with Crippen molar-refractivity contribution >= 4 is 28.7 Å². The van der Waals surface area contributed by atoms with Gasteiger partial charge in [0.1, 0.15) is 10.8 Å². The summed E-state index contributed by atoms with van der Waals surface area (Å²) in [6, 6.07) is 3.45. The molecule has 0 saturated carbocycles. The fourth-order valence-corrected chi connectivity index (χ4v) is 2.26. The molecule has 0 amide bonds.